The normalized spacial score (nSPS) is 13.4. The average molecular weight is 351 g/mol. The van der Waals surface area contributed by atoms with Gasteiger partial charge in [0.05, 0.1) is 11.6 Å². The number of methoxy groups -OCH3 is 1. The highest BCUT2D eigenvalue weighted by Gasteiger charge is 2.21. The number of hydrogen-bond acceptors (Lipinski definition) is 5. The fraction of sp³-hybridized carbons (Fsp3) is 0.375. The number of nitrogens with zero attached hydrogens (tertiary/aromatic N) is 1. The van der Waals surface area contributed by atoms with E-state index in [1.807, 2.05) is 0 Å². The number of hydrogen-bond donors (Lipinski definition) is 3. The van der Waals surface area contributed by atoms with Crippen LogP contribution in [0.3, 0.4) is 0 Å². The Morgan fingerprint density at radius 2 is 2.29 bits per heavy atom. The molecule has 0 unspecified atom stereocenters. The monoisotopic (exact) mass is 350 g/mol. The highest BCUT2D eigenvalue weighted by Crippen LogP contribution is 2.28. The van der Waals surface area contributed by atoms with Crippen molar-refractivity contribution < 1.29 is 14.3 Å². The van der Waals surface area contributed by atoms with Crippen molar-refractivity contribution in [2.45, 2.75) is 13.0 Å². The first-order chi connectivity index (χ1) is 11.7. The molecule has 1 aromatic carbocycles. The summed E-state index contributed by atoms with van der Waals surface area (Å²) in [7, 11) is 1.60. The molecule has 3 rings (SSSR count). The first-order valence-corrected chi connectivity index (χ1v) is 8.06. The maximum Gasteiger partial charge on any atom is 0.276 e. The Balaban J connectivity index is 1.68. The number of benzene rings is 1. The number of nitrogens with one attached hydrogen (secondary N) is 3. The molecule has 2 heterocycles. The Morgan fingerprint density at radius 1 is 1.42 bits per heavy atom. The average Bonchev–Trinajstić information content (AvgIpc) is 3.01. The summed E-state index contributed by atoms with van der Waals surface area (Å²) >= 11 is 6.18. The number of rotatable bonds is 6. The largest absolute Gasteiger partial charge is 0.490 e. The summed E-state index contributed by atoms with van der Waals surface area (Å²) in [5.41, 5.74) is 2.93. The number of carbonyl (C=O) groups is 1. The van der Waals surface area contributed by atoms with Gasteiger partial charge in [-0.1, -0.05) is 11.6 Å². The first kappa shape index (κ1) is 16.8. The number of aromatic amines is 1. The van der Waals surface area contributed by atoms with Crippen LogP contribution in [0, 0.1) is 0 Å². The van der Waals surface area contributed by atoms with Crippen molar-refractivity contribution in [3.63, 3.8) is 0 Å². The molecule has 0 aliphatic carbocycles. The van der Waals surface area contributed by atoms with Crippen molar-refractivity contribution in [3.05, 3.63) is 40.2 Å². The Kier molecular flexibility index (Phi) is 5.34. The van der Waals surface area contributed by atoms with Crippen molar-refractivity contribution in [2.24, 2.45) is 0 Å². The highest BCUT2D eigenvalue weighted by molar-refractivity contribution is 6.32. The minimum absolute atomic E-state index is 0.264. The summed E-state index contributed by atoms with van der Waals surface area (Å²) in [6, 6.07) is 5.11. The second kappa shape index (κ2) is 7.65. The van der Waals surface area contributed by atoms with Gasteiger partial charge in [0.15, 0.2) is 5.69 Å². The molecule has 1 aliphatic rings. The van der Waals surface area contributed by atoms with Crippen LogP contribution in [-0.4, -0.2) is 43.0 Å². The number of amides is 1. The Bertz CT molecular complexity index is 732. The van der Waals surface area contributed by atoms with Crippen molar-refractivity contribution in [2.75, 3.05) is 32.2 Å². The predicted octanol–water partition coefficient (Wildman–Crippen LogP) is 1.99. The van der Waals surface area contributed by atoms with Crippen LogP contribution in [0.5, 0.6) is 5.75 Å². The van der Waals surface area contributed by atoms with Gasteiger partial charge in [0.25, 0.3) is 5.91 Å². The summed E-state index contributed by atoms with van der Waals surface area (Å²) in [5.74, 6) is 0.286. The van der Waals surface area contributed by atoms with Crippen LogP contribution in [0.4, 0.5) is 5.69 Å². The molecule has 0 atom stereocenters. The van der Waals surface area contributed by atoms with Gasteiger partial charge in [-0.05, 0) is 18.2 Å². The number of aromatic nitrogens is 2. The van der Waals surface area contributed by atoms with Crippen molar-refractivity contribution in [3.8, 4) is 5.75 Å². The molecular weight excluding hydrogens is 332 g/mol. The maximum atomic E-state index is 12.4. The molecule has 0 radical (unpaired) electrons. The van der Waals surface area contributed by atoms with Crippen molar-refractivity contribution >= 4 is 23.2 Å². The molecule has 0 saturated heterocycles. The molecule has 128 valence electrons. The van der Waals surface area contributed by atoms with Crippen molar-refractivity contribution in [1.29, 1.82) is 0 Å². The number of ether oxygens (including phenoxy) is 2. The van der Waals surface area contributed by atoms with Gasteiger partial charge in [-0.2, -0.15) is 5.10 Å². The summed E-state index contributed by atoms with van der Waals surface area (Å²) < 4.78 is 10.4. The van der Waals surface area contributed by atoms with Gasteiger partial charge in [0.2, 0.25) is 0 Å². The Morgan fingerprint density at radius 3 is 3.08 bits per heavy atom. The molecule has 0 saturated carbocycles. The minimum Gasteiger partial charge on any atom is -0.490 e. The highest BCUT2D eigenvalue weighted by atomic mass is 35.5. The molecule has 1 aromatic heterocycles. The van der Waals surface area contributed by atoms with Crippen LogP contribution < -0.4 is 15.4 Å². The minimum atomic E-state index is -0.264. The summed E-state index contributed by atoms with van der Waals surface area (Å²) in [6.45, 7) is 2.42. The van der Waals surface area contributed by atoms with E-state index in [0.717, 1.165) is 24.2 Å². The van der Waals surface area contributed by atoms with Crippen LogP contribution in [0.25, 0.3) is 0 Å². The third kappa shape index (κ3) is 3.69. The van der Waals surface area contributed by atoms with Crippen LogP contribution in [0.2, 0.25) is 5.02 Å². The first-order valence-electron chi connectivity index (χ1n) is 7.68. The molecule has 7 nitrogen and oxygen atoms in total. The van der Waals surface area contributed by atoms with E-state index in [1.54, 1.807) is 25.3 Å². The van der Waals surface area contributed by atoms with Crippen LogP contribution in [0.15, 0.2) is 18.2 Å². The van der Waals surface area contributed by atoms with E-state index in [9.17, 15) is 4.79 Å². The maximum absolute atomic E-state index is 12.4. The summed E-state index contributed by atoms with van der Waals surface area (Å²) in [4.78, 5) is 12.4. The van der Waals surface area contributed by atoms with Gasteiger partial charge >= 0.3 is 0 Å². The lowest BCUT2D eigenvalue weighted by molar-refractivity contribution is 0.102. The standard InChI is InChI=1S/C16H19ClN4O3/c1-23-6-7-24-14-3-2-10(8-12(14)17)19-16(22)15-11-9-18-5-4-13(11)20-21-15/h2-3,8,18H,4-7,9H2,1H3,(H,19,22)(H,20,21). The molecule has 0 spiro atoms. The zero-order valence-electron chi connectivity index (χ0n) is 13.3. The van der Waals surface area contributed by atoms with Crippen LogP contribution >= 0.6 is 11.6 Å². The third-order valence-electron chi connectivity index (χ3n) is 3.76. The Labute approximate surface area is 144 Å². The number of anilines is 1. The molecule has 24 heavy (non-hydrogen) atoms. The SMILES string of the molecule is COCCOc1ccc(NC(=O)c2n[nH]c3c2CNCC3)cc1Cl. The van der Waals surface area contributed by atoms with E-state index < -0.39 is 0 Å². The lowest BCUT2D eigenvalue weighted by Gasteiger charge is -2.13. The molecule has 2 aromatic rings. The quantitative estimate of drug-likeness (QED) is 0.693. The topological polar surface area (TPSA) is 88.3 Å². The summed E-state index contributed by atoms with van der Waals surface area (Å²) in [5, 5.41) is 13.5. The molecule has 1 aliphatic heterocycles. The molecule has 3 N–H and O–H groups in total. The molecule has 0 bridgehead atoms. The van der Waals surface area contributed by atoms with Crippen LogP contribution in [0.1, 0.15) is 21.7 Å². The van der Waals surface area contributed by atoms with E-state index in [2.05, 4.69) is 20.8 Å². The molecule has 1 amide bonds. The lowest BCUT2D eigenvalue weighted by Crippen LogP contribution is -2.25. The van der Waals surface area contributed by atoms with Gasteiger partial charge in [0.1, 0.15) is 12.4 Å². The van der Waals surface area contributed by atoms with E-state index in [4.69, 9.17) is 21.1 Å². The third-order valence-corrected chi connectivity index (χ3v) is 4.05. The lowest BCUT2D eigenvalue weighted by atomic mass is 10.1. The van der Waals surface area contributed by atoms with E-state index in [1.165, 1.54) is 0 Å². The fourth-order valence-corrected chi connectivity index (χ4v) is 2.77. The van der Waals surface area contributed by atoms with E-state index >= 15 is 0 Å². The molecular formula is C16H19ClN4O3. The smallest absolute Gasteiger partial charge is 0.276 e. The van der Waals surface area contributed by atoms with Gasteiger partial charge in [0, 0.05) is 43.6 Å². The second-order valence-electron chi connectivity index (χ2n) is 5.40. The summed E-state index contributed by atoms with van der Waals surface area (Å²) in [6.07, 6.45) is 0.842. The number of fused-ring (bicyclic) bond motifs is 1. The van der Waals surface area contributed by atoms with Gasteiger partial charge < -0.3 is 20.1 Å². The number of halogens is 1. The van der Waals surface area contributed by atoms with Crippen LogP contribution in [-0.2, 0) is 17.7 Å². The van der Waals surface area contributed by atoms with Crippen molar-refractivity contribution in [1.82, 2.24) is 15.5 Å². The zero-order chi connectivity index (χ0) is 16.9. The number of H-pyrrole nitrogens is 1. The van der Waals surface area contributed by atoms with Gasteiger partial charge in [-0.25, -0.2) is 0 Å². The fourth-order valence-electron chi connectivity index (χ4n) is 2.53. The van der Waals surface area contributed by atoms with Gasteiger partial charge in [-0.3, -0.25) is 9.89 Å². The van der Waals surface area contributed by atoms with E-state index in [-0.39, 0.29) is 5.91 Å². The Hall–Kier alpha value is -2.09. The second-order valence-corrected chi connectivity index (χ2v) is 5.80. The molecule has 0 fully saturated rings. The zero-order valence-corrected chi connectivity index (χ0v) is 14.1. The van der Waals surface area contributed by atoms with Gasteiger partial charge in [-0.15, -0.1) is 0 Å². The van der Waals surface area contributed by atoms with E-state index in [0.29, 0.717) is 41.9 Å². The number of carbonyl (C=O) groups excluding carboxylic acids is 1. The molecule has 8 heteroatoms. The predicted molar refractivity (Wildman–Crippen MR) is 90.8 cm³/mol.